The van der Waals surface area contributed by atoms with Crippen LogP contribution >= 0.6 is 40.0 Å². The van der Waals surface area contributed by atoms with Crippen molar-refractivity contribution in [1.29, 1.82) is 0 Å². The molecule has 0 aliphatic heterocycles. The first-order chi connectivity index (χ1) is 9.56. The molecular formula is C16H24I2OV. The predicted octanol–water partition coefficient (Wildman–Crippen LogP) is 6.34. The molecule has 0 spiro atoms. The zero-order valence-corrected chi connectivity index (χ0v) is 18.2. The molecule has 0 amide bonds. The Balaban J connectivity index is 0.000000304. The number of Topliss-reactive ketones (excluding diaryl/α,β-unsaturated/α-hetero) is 1. The minimum atomic E-state index is 0.426. The van der Waals surface area contributed by atoms with Crippen LogP contribution in [0.5, 0.6) is 0 Å². The van der Waals surface area contributed by atoms with Gasteiger partial charge in [0.1, 0.15) is 5.78 Å². The van der Waals surface area contributed by atoms with Gasteiger partial charge in [-0.2, -0.15) is 0 Å². The van der Waals surface area contributed by atoms with Crippen LogP contribution in [0.15, 0.2) is 30.3 Å². The molecule has 0 heterocycles. The van der Waals surface area contributed by atoms with Gasteiger partial charge in [0.2, 0.25) is 0 Å². The fourth-order valence-corrected chi connectivity index (χ4v) is 2.16. The molecule has 0 N–H and O–H groups in total. The molecule has 1 unspecified atom stereocenters. The van der Waals surface area contributed by atoms with E-state index in [0.717, 1.165) is 25.7 Å². The SMILES string of the molecule is CC(C)c1ccccc1.CCC1CCCC1=O.[I][V][I]. The fourth-order valence-electron chi connectivity index (χ4n) is 2.16. The summed E-state index contributed by atoms with van der Waals surface area (Å²) in [4.78, 5) is 10.8. The van der Waals surface area contributed by atoms with Gasteiger partial charge < -0.3 is 0 Å². The molecule has 0 aromatic heterocycles. The first-order valence-corrected chi connectivity index (χ1v) is 16.1. The number of hydrogen-bond acceptors (Lipinski definition) is 1. The molecule has 20 heavy (non-hydrogen) atoms. The summed E-state index contributed by atoms with van der Waals surface area (Å²) >= 11 is 4.74. The molecule has 1 aliphatic carbocycles. The molecule has 1 aromatic rings. The van der Waals surface area contributed by atoms with Crippen LogP contribution in [-0.4, -0.2) is 5.78 Å². The predicted molar refractivity (Wildman–Crippen MR) is 101 cm³/mol. The van der Waals surface area contributed by atoms with Crippen molar-refractivity contribution in [3.63, 3.8) is 0 Å². The van der Waals surface area contributed by atoms with Crippen LogP contribution in [0.2, 0.25) is 0 Å². The summed E-state index contributed by atoms with van der Waals surface area (Å²) < 4.78 is 0. The Kier molecular flexibility index (Phi) is 14.2. The van der Waals surface area contributed by atoms with Gasteiger partial charge in [-0.15, -0.1) is 0 Å². The van der Waals surface area contributed by atoms with Crippen molar-refractivity contribution < 1.29 is 14.3 Å². The summed E-state index contributed by atoms with van der Waals surface area (Å²) in [7, 11) is 0.628. The van der Waals surface area contributed by atoms with E-state index >= 15 is 0 Å². The van der Waals surface area contributed by atoms with E-state index in [1.165, 1.54) is 5.56 Å². The maximum atomic E-state index is 10.8. The summed E-state index contributed by atoms with van der Waals surface area (Å²) in [5.74, 6) is 1.58. The van der Waals surface area contributed by atoms with Crippen LogP contribution in [0.1, 0.15) is 57.9 Å². The van der Waals surface area contributed by atoms with Crippen LogP contribution in [0.25, 0.3) is 0 Å². The molecule has 1 atom stereocenters. The number of halogens is 2. The van der Waals surface area contributed by atoms with Gasteiger partial charge in [0.25, 0.3) is 0 Å². The van der Waals surface area contributed by atoms with Gasteiger partial charge in [0, 0.05) is 12.3 Å². The van der Waals surface area contributed by atoms with E-state index in [0.29, 0.717) is 27.1 Å². The average Bonchev–Trinajstić information content (AvgIpc) is 2.87. The van der Waals surface area contributed by atoms with Crippen molar-refractivity contribution in [1.82, 2.24) is 0 Å². The van der Waals surface area contributed by atoms with E-state index in [9.17, 15) is 4.79 Å². The van der Waals surface area contributed by atoms with Crippen LogP contribution in [0.4, 0.5) is 0 Å². The topological polar surface area (TPSA) is 17.1 Å². The second-order valence-electron chi connectivity index (χ2n) is 5.09. The Hall–Kier alpha value is 0.934. The van der Waals surface area contributed by atoms with Crippen molar-refractivity contribution in [3.8, 4) is 0 Å². The molecule has 1 aliphatic rings. The molecule has 1 aromatic carbocycles. The van der Waals surface area contributed by atoms with Crippen LogP contribution < -0.4 is 0 Å². The number of hydrogen-bond donors (Lipinski definition) is 0. The Bertz CT molecular complexity index is 355. The molecule has 1 saturated carbocycles. The number of carbonyl (C=O) groups is 1. The third kappa shape index (κ3) is 9.80. The van der Waals surface area contributed by atoms with Gasteiger partial charge >= 0.3 is 49.4 Å². The van der Waals surface area contributed by atoms with Crippen LogP contribution in [0.3, 0.4) is 0 Å². The molecule has 2 rings (SSSR count). The quantitative estimate of drug-likeness (QED) is 0.403. The molecule has 0 bridgehead atoms. The van der Waals surface area contributed by atoms with Gasteiger partial charge in [-0.1, -0.05) is 51.1 Å². The number of rotatable bonds is 2. The van der Waals surface area contributed by atoms with E-state index in [2.05, 4.69) is 85.0 Å². The number of benzene rings is 1. The van der Waals surface area contributed by atoms with Crippen molar-refractivity contribution in [2.75, 3.05) is 0 Å². The summed E-state index contributed by atoms with van der Waals surface area (Å²) in [6, 6.07) is 10.5. The van der Waals surface area contributed by atoms with Crippen molar-refractivity contribution in [2.45, 2.75) is 52.4 Å². The molecule has 0 radical (unpaired) electrons. The number of ketones is 1. The third-order valence-electron chi connectivity index (χ3n) is 3.39. The first kappa shape index (κ1) is 20.9. The Labute approximate surface area is 152 Å². The summed E-state index contributed by atoms with van der Waals surface area (Å²) in [5.41, 5.74) is 1.41. The second-order valence-corrected chi connectivity index (χ2v) is 16.9. The van der Waals surface area contributed by atoms with Crippen molar-refractivity contribution >= 4 is 45.7 Å². The zero-order valence-electron chi connectivity index (χ0n) is 12.5. The zero-order chi connectivity index (χ0) is 15.4. The minimum absolute atomic E-state index is 0.426. The van der Waals surface area contributed by atoms with E-state index < -0.39 is 0 Å². The van der Waals surface area contributed by atoms with Crippen LogP contribution in [-0.2, 0) is 14.3 Å². The normalized spacial score (nSPS) is 16.9. The van der Waals surface area contributed by atoms with Gasteiger partial charge in [-0.25, -0.2) is 0 Å². The average molecular weight is 537 g/mol. The Morgan fingerprint density at radius 3 is 2.05 bits per heavy atom. The summed E-state index contributed by atoms with van der Waals surface area (Å²) in [6.45, 7) is 6.50. The Morgan fingerprint density at radius 2 is 1.80 bits per heavy atom. The van der Waals surface area contributed by atoms with Gasteiger partial charge in [0.15, 0.2) is 0 Å². The van der Waals surface area contributed by atoms with Crippen molar-refractivity contribution in [2.24, 2.45) is 5.92 Å². The monoisotopic (exact) mass is 537 g/mol. The molecule has 0 saturated heterocycles. The summed E-state index contributed by atoms with van der Waals surface area (Å²) in [5, 5.41) is 0. The standard InChI is InChI=1S/C9H12.C7H12O.2HI.V/c1-8(2)9-6-4-3-5-7-9;1-2-6-4-3-5-7(6)8;;;/h3-8H,1-2H3;6H,2-5H2,1H3;2*1H;/q;;;;+2/p-2. The molecule has 4 heteroatoms. The van der Waals surface area contributed by atoms with Gasteiger partial charge in [0.05, 0.1) is 0 Å². The van der Waals surface area contributed by atoms with E-state index in [1.54, 1.807) is 0 Å². The van der Waals surface area contributed by atoms with Gasteiger partial charge in [-0.3, -0.25) is 4.79 Å². The number of carbonyl (C=O) groups excluding carboxylic acids is 1. The van der Waals surface area contributed by atoms with Gasteiger partial charge in [-0.05, 0) is 30.7 Å². The fraction of sp³-hybridized carbons (Fsp3) is 0.562. The van der Waals surface area contributed by atoms with Crippen molar-refractivity contribution in [3.05, 3.63) is 35.9 Å². The molecular weight excluding hydrogens is 513 g/mol. The van der Waals surface area contributed by atoms with E-state index in [4.69, 9.17) is 0 Å². The third-order valence-corrected chi connectivity index (χ3v) is 3.39. The summed E-state index contributed by atoms with van der Waals surface area (Å²) in [6.07, 6.45) is 4.18. The molecule has 113 valence electrons. The maximum absolute atomic E-state index is 10.8. The molecule has 1 fully saturated rings. The second kappa shape index (κ2) is 13.6. The van der Waals surface area contributed by atoms with E-state index in [-0.39, 0.29) is 0 Å². The molecule has 1 nitrogen and oxygen atoms in total. The van der Waals surface area contributed by atoms with Crippen LogP contribution in [0, 0.1) is 5.92 Å². The van der Waals surface area contributed by atoms with E-state index in [1.807, 2.05) is 6.07 Å². The first-order valence-electron chi connectivity index (χ1n) is 7.06. The Morgan fingerprint density at radius 1 is 1.25 bits per heavy atom.